The zero-order chi connectivity index (χ0) is 9.19. The van der Waals surface area contributed by atoms with E-state index < -0.39 is 23.8 Å². The van der Waals surface area contributed by atoms with Crippen LogP contribution in [0.5, 0.6) is 0 Å². The van der Waals surface area contributed by atoms with E-state index in [0.29, 0.717) is 3.61 Å². The molecular formula is C8H9F3Te. The first-order valence-corrected chi connectivity index (χ1v) is 8.48. The molecule has 0 N–H and O–H groups in total. The first-order valence-electron chi connectivity index (χ1n) is 3.37. The van der Waals surface area contributed by atoms with Crippen molar-refractivity contribution in [1.29, 1.82) is 0 Å². The van der Waals surface area contributed by atoms with Gasteiger partial charge in [0.25, 0.3) is 0 Å². The van der Waals surface area contributed by atoms with Gasteiger partial charge in [0.1, 0.15) is 0 Å². The Bertz CT molecular complexity index is 242. The maximum atomic E-state index is 12.2. The van der Waals surface area contributed by atoms with Crippen molar-refractivity contribution in [3.63, 3.8) is 0 Å². The molecule has 1 atom stereocenters. The van der Waals surface area contributed by atoms with Crippen molar-refractivity contribution >= 4 is 23.2 Å². The molecule has 0 aliphatic heterocycles. The molecule has 0 aromatic heterocycles. The van der Waals surface area contributed by atoms with Gasteiger partial charge >= 0.3 is 75.9 Å². The van der Waals surface area contributed by atoms with Crippen LogP contribution in [0.4, 0.5) is 13.2 Å². The van der Waals surface area contributed by atoms with Crippen LogP contribution in [-0.2, 0) is 0 Å². The zero-order valence-electron chi connectivity index (χ0n) is 6.47. The Kier molecular flexibility index (Phi) is 3.03. The molecule has 0 saturated carbocycles. The van der Waals surface area contributed by atoms with Crippen LogP contribution >= 0.6 is 0 Å². The molecule has 0 fully saturated rings. The predicted octanol–water partition coefficient (Wildman–Crippen LogP) is 1.85. The molecule has 0 aliphatic rings. The minimum absolute atomic E-state index is 0.494. The Morgan fingerprint density at radius 3 is 2.00 bits per heavy atom. The van der Waals surface area contributed by atoms with Crippen LogP contribution in [0.1, 0.15) is 0 Å². The monoisotopic (exact) mass is 292 g/mol. The predicted molar refractivity (Wildman–Crippen MR) is 45.1 cm³/mol. The third kappa shape index (κ3) is 2.40. The number of rotatable bonds is 1. The van der Waals surface area contributed by atoms with Crippen LogP contribution in [0.2, 0.25) is 4.97 Å². The molecule has 0 heterocycles. The van der Waals surface area contributed by atoms with Crippen molar-refractivity contribution in [2.45, 2.75) is 9.20 Å². The molecule has 1 aromatic rings. The molecule has 68 valence electrons. The Morgan fingerprint density at radius 1 is 1.08 bits per heavy atom. The summed E-state index contributed by atoms with van der Waals surface area (Å²) in [6.07, 6.45) is 0. The van der Waals surface area contributed by atoms with Crippen LogP contribution in [0.3, 0.4) is 0 Å². The fraction of sp³-hybridized carbons (Fsp3) is 0.250. The van der Waals surface area contributed by atoms with E-state index in [4.69, 9.17) is 0 Å². The van der Waals surface area contributed by atoms with Gasteiger partial charge in [-0.15, -0.1) is 0 Å². The summed E-state index contributed by atoms with van der Waals surface area (Å²) in [5.74, 6) is 0. The number of alkyl halides is 3. The Morgan fingerprint density at radius 2 is 1.58 bits per heavy atom. The minimum atomic E-state index is -3.95. The topological polar surface area (TPSA) is 0 Å². The molecule has 1 aromatic carbocycles. The fourth-order valence-corrected chi connectivity index (χ4v) is 3.40. The third-order valence-electron chi connectivity index (χ3n) is 1.52. The van der Waals surface area contributed by atoms with Crippen molar-refractivity contribution < 1.29 is 13.2 Å². The second-order valence-electron chi connectivity index (χ2n) is 2.36. The third-order valence-corrected chi connectivity index (χ3v) is 6.76. The fourth-order valence-electron chi connectivity index (χ4n) is 0.798. The molecule has 0 spiro atoms. The van der Waals surface area contributed by atoms with Crippen LogP contribution < -0.4 is 3.61 Å². The number of hydrogen-bond acceptors (Lipinski definition) is 0. The van der Waals surface area contributed by atoms with Crippen LogP contribution in [-0.4, -0.2) is 23.8 Å². The summed E-state index contributed by atoms with van der Waals surface area (Å²) in [6.45, 7) is 0. The van der Waals surface area contributed by atoms with Crippen molar-refractivity contribution in [2.24, 2.45) is 0 Å². The van der Waals surface area contributed by atoms with Gasteiger partial charge in [-0.3, -0.25) is 0 Å². The van der Waals surface area contributed by atoms with E-state index in [2.05, 4.69) is 0 Å². The zero-order valence-corrected chi connectivity index (χ0v) is 9.02. The molecule has 0 amide bonds. The van der Waals surface area contributed by atoms with Crippen molar-refractivity contribution in [2.75, 3.05) is 0 Å². The van der Waals surface area contributed by atoms with E-state index >= 15 is 0 Å². The van der Waals surface area contributed by atoms with Gasteiger partial charge in [0.15, 0.2) is 0 Å². The molecule has 0 nitrogen and oxygen atoms in total. The van der Waals surface area contributed by atoms with E-state index in [0.717, 1.165) is 0 Å². The normalized spacial score (nSPS) is 15.8. The summed E-state index contributed by atoms with van der Waals surface area (Å²) in [7, 11) is 0. The van der Waals surface area contributed by atoms with Gasteiger partial charge in [0.2, 0.25) is 0 Å². The summed E-state index contributed by atoms with van der Waals surface area (Å²) in [6, 6.07) is 8.17. The van der Waals surface area contributed by atoms with E-state index in [-0.39, 0.29) is 0 Å². The molecule has 4 heteroatoms. The van der Waals surface area contributed by atoms with E-state index in [1.54, 1.807) is 30.3 Å². The van der Waals surface area contributed by atoms with Crippen LogP contribution in [0.15, 0.2) is 30.3 Å². The molecule has 0 aliphatic carbocycles. The first kappa shape index (κ1) is 9.88. The van der Waals surface area contributed by atoms with Crippen molar-refractivity contribution in [3.8, 4) is 0 Å². The molecule has 1 rings (SSSR count). The average Bonchev–Trinajstić information content (AvgIpc) is 2.03. The molecule has 1 unspecified atom stereocenters. The number of benzene rings is 1. The van der Waals surface area contributed by atoms with Gasteiger partial charge in [-0.25, -0.2) is 0 Å². The Hall–Kier alpha value is -0.200. The number of hydrogen-bond donors (Lipinski definition) is 0. The van der Waals surface area contributed by atoms with Crippen LogP contribution in [0, 0.1) is 0 Å². The van der Waals surface area contributed by atoms with Crippen molar-refractivity contribution in [1.82, 2.24) is 0 Å². The molecule has 0 radical (unpaired) electrons. The molecule has 0 saturated heterocycles. The summed E-state index contributed by atoms with van der Waals surface area (Å²) in [5.41, 5.74) is 0. The van der Waals surface area contributed by atoms with Crippen LogP contribution in [0.25, 0.3) is 0 Å². The average molecular weight is 290 g/mol. The SMILES string of the molecule is C[TeH](c1ccccc1)C(F)(F)F. The second kappa shape index (κ2) is 3.67. The van der Waals surface area contributed by atoms with Gasteiger partial charge in [0, 0.05) is 0 Å². The molecule has 0 bridgehead atoms. The van der Waals surface area contributed by atoms with E-state index in [1.165, 1.54) is 4.97 Å². The van der Waals surface area contributed by atoms with Gasteiger partial charge in [-0.1, -0.05) is 0 Å². The summed E-state index contributed by atoms with van der Waals surface area (Å²) in [4.78, 5) is 1.35. The summed E-state index contributed by atoms with van der Waals surface area (Å²) in [5, 5.41) is 0. The Labute approximate surface area is 76.0 Å². The molecule has 12 heavy (non-hydrogen) atoms. The van der Waals surface area contributed by atoms with E-state index in [1.807, 2.05) is 0 Å². The molecular weight excluding hydrogens is 281 g/mol. The van der Waals surface area contributed by atoms with Gasteiger partial charge in [-0.05, 0) is 0 Å². The maximum absolute atomic E-state index is 12.2. The van der Waals surface area contributed by atoms with Gasteiger partial charge < -0.3 is 0 Å². The van der Waals surface area contributed by atoms with Crippen molar-refractivity contribution in [3.05, 3.63) is 30.3 Å². The van der Waals surface area contributed by atoms with E-state index in [9.17, 15) is 13.2 Å². The quantitative estimate of drug-likeness (QED) is 0.692. The Balaban J connectivity index is 2.86. The van der Waals surface area contributed by atoms with Gasteiger partial charge in [0.05, 0.1) is 0 Å². The second-order valence-corrected chi connectivity index (χ2v) is 8.47. The number of halogens is 3. The summed E-state index contributed by atoms with van der Waals surface area (Å²) < 4.78 is 33.2. The van der Waals surface area contributed by atoms with Gasteiger partial charge in [-0.2, -0.15) is 0 Å². The standard InChI is InChI=1S/C8H9F3Te/c1-12(8(9,10)11)7-5-3-2-4-6-7/h2-6,12H,1H3. The summed E-state index contributed by atoms with van der Waals surface area (Å²) >= 11 is -3.19. The first-order chi connectivity index (χ1) is 5.52.